The number of ether oxygens (including phenoxy) is 1. The van der Waals surface area contributed by atoms with E-state index in [9.17, 15) is 9.59 Å². The van der Waals surface area contributed by atoms with Crippen molar-refractivity contribution in [3.05, 3.63) is 66.2 Å². The molecule has 1 saturated heterocycles. The Kier molecular flexibility index (Phi) is 3.20. The third-order valence-electron chi connectivity index (χ3n) is 7.01. The highest BCUT2D eigenvalue weighted by molar-refractivity contribution is 6.22. The van der Waals surface area contributed by atoms with Crippen molar-refractivity contribution in [1.82, 2.24) is 0 Å². The number of aryl methyl sites for hydroxylation is 1. The largest absolute Gasteiger partial charge is 0.457 e. The Bertz CT molecular complexity index is 971. The van der Waals surface area contributed by atoms with Crippen LogP contribution >= 0.6 is 0 Å². The van der Waals surface area contributed by atoms with Crippen molar-refractivity contribution in [1.29, 1.82) is 0 Å². The Morgan fingerprint density at radius 1 is 0.786 bits per heavy atom. The first kappa shape index (κ1) is 16.1. The molecule has 4 heteroatoms. The molecule has 2 saturated carbocycles. The predicted octanol–water partition coefficient (Wildman–Crippen LogP) is 4.34. The van der Waals surface area contributed by atoms with Crippen molar-refractivity contribution < 1.29 is 14.3 Å². The SMILES string of the molecule is Cc1ccc(Oc2ccc(N3C(=O)[C@H]4[C@@H]5C=C[C@H]([C@H]6C[C@H]56)[C@@H]4C3=O)cc2)cc1. The van der Waals surface area contributed by atoms with Gasteiger partial charge in [0.05, 0.1) is 17.5 Å². The fraction of sp³-hybridized carbons (Fsp3) is 0.333. The molecular formula is C24H21NO3. The number of anilines is 1. The highest BCUT2D eigenvalue weighted by Crippen LogP contribution is 2.65. The second kappa shape index (κ2) is 5.57. The van der Waals surface area contributed by atoms with E-state index in [0.717, 1.165) is 5.75 Å². The van der Waals surface area contributed by atoms with Gasteiger partial charge in [-0.3, -0.25) is 14.5 Å². The van der Waals surface area contributed by atoms with E-state index in [2.05, 4.69) is 12.2 Å². The van der Waals surface area contributed by atoms with Crippen molar-refractivity contribution in [2.45, 2.75) is 13.3 Å². The van der Waals surface area contributed by atoms with Gasteiger partial charge in [-0.05, 0) is 73.4 Å². The molecule has 3 fully saturated rings. The van der Waals surface area contributed by atoms with Crippen molar-refractivity contribution in [3.63, 3.8) is 0 Å². The Hall–Kier alpha value is -2.88. The van der Waals surface area contributed by atoms with Gasteiger partial charge in [-0.1, -0.05) is 29.8 Å². The molecule has 2 aromatic rings. The van der Waals surface area contributed by atoms with Crippen LogP contribution in [0.1, 0.15) is 12.0 Å². The van der Waals surface area contributed by atoms with Crippen molar-refractivity contribution in [2.75, 3.05) is 4.90 Å². The number of benzene rings is 2. The van der Waals surface area contributed by atoms with Gasteiger partial charge < -0.3 is 4.74 Å². The van der Waals surface area contributed by atoms with Crippen molar-refractivity contribution in [2.24, 2.45) is 35.5 Å². The number of amides is 2. The molecule has 1 heterocycles. The van der Waals surface area contributed by atoms with E-state index >= 15 is 0 Å². The van der Waals surface area contributed by atoms with Gasteiger partial charge in [0.25, 0.3) is 0 Å². The maximum atomic E-state index is 13.2. The summed E-state index contributed by atoms with van der Waals surface area (Å²) in [6.45, 7) is 2.03. The molecule has 7 rings (SSSR count). The van der Waals surface area contributed by atoms with Gasteiger partial charge in [-0.2, -0.15) is 0 Å². The summed E-state index contributed by atoms with van der Waals surface area (Å²) in [6, 6.07) is 15.1. The Labute approximate surface area is 163 Å². The van der Waals surface area contributed by atoms with Crippen LogP contribution in [0.3, 0.4) is 0 Å². The Morgan fingerprint density at radius 2 is 1.29 bits per heavy atom. The average molecular weight is 371 g/mol. The first-order valence-corrected chi connectivity index (χ1v) is 10.0. The van der Waals surface area contributed by atoms with Crippen LogP contribution in [-0.2, 0) is 9.59 Å². The van der Waals surface area contributed by atoms with Gasteiger partial charge in [0.2, 0.25) is 11.8 Å². The normalized spacial score (nSPS) is 34.4. The maximum absolute atomic E-state index is 13.2. The average Bonchev–Trinajstić information content (AvgIpc) is 3.49. The lowest BCUT2D eigenvalue weighted by Crippen LogP contribution is -2.40. The zero-order valence-corrected chi connectivity index (χ0v) is 15.6. The van der Waals surface area contributed by atoms with Crippen LogP contribution in [0.4, 0.5) is 5.69 Å². The van der Waals surface area contributed by atoms with Gasteiger partial charge in [-0.15, -0.1) is 0 Å². The maximum Gasteiger partial charge on any atom is 0.238 e. The second-order valence-corrected chi connectivity index (χ2v) is 8.58. The van der Waals surface area contributed by atoms with Crippen LogP contribution in [0.15, 0.2) is 60.7 Å². The fourth-order valence-corrected chi connectivity index (χ4v) is 5.62. The third-order valence-corrected chi connectivity index (χ3v) is 7.01. The summed E-state index contributed by atoms with van der Waals surface area (Å²) in [4.78, 5) is 27.7. The van der Waals surface area contributed by atoms with Gasteiger partial charge in [0.15, 0.2) is 0 Å². The van der Waals surface area contributed by atoms with E-state index in [1.54, 1.807) is 0 Å². The van der Waals surface area contributed by atoms with Crippen LogP contribution in [0, 0.1) is 42.4 Å². The number of carbonyl (C=O) groups excluding carboxylic acids is 2. The standard InChI is InChI=1S/C24H21NO3/c1-13-2-6-15(7-3-13)28-16-8-4-14(5-9-16)25-23(26)21-17-10-11-18(20-12-19(17)20)22(21)24(25)27/h2-11,17-22H,12H2,1H3/t17-,18-,19-,20-,21+,22+/m1/s1. The lowest BCUT2D eigenvalue weighted by molar-refractivity contribution is -0.124. The molecule has 28 heavy (non-hydrogen) atoms. The minimum Gasteiger partial charge on any atom is -0.457 e. The minimum atomic E-state index is -0.158. The smallest absolute Gasteiger partial charge is 0.238 e. The number of rotatable bonds is 3. The summed E-state index contributed by atoms with van der Waals surface area (Å²) in [7, 11) is 0. The van der Waals surface area contributed by atoms with Crippen molar-refractivity contribution in [3.8, 4) is 11.5 Å². The summed E-state index contributed by atoms with van der Waals surface area (Å²) in [5.41, 5.74) is 1.82. The van der Waals surface area contributed by atoms with E-state index < -0.39 is 0 Å². The number of hydrogen-bond acceptors (Lipinski definition) is 3. The third kappa shape index (κ3) is 2.17. The number of hydrogen-bond donors (Lipinski definition) is 0. The Morgan fingerprint density at radius 3 is 1.82 bits per heavy atom. The van der Waals surface area contributed by atoms with Crippen LogP contribution in [0.2, 0.25) is 0 Å². The molecule has 2 bridgehead atoms. The minimum absolute atomic E-state index is 0.0214. The molecule has 2 amide bonds. The summed E-state index contributed by atoms with van der Waals surface area (Å²) in [5.74, 6) is 2.85. The number of imide groups is 1. The zero-order valence-electron chi connectivity index (χ0n) is 15.6. The molecule has 4 aliphatic carbocycles. The predicted molar refractivity (Wildman–Crippen MR) is 105 cm³/mol. The first-order valence-electron chi connectivity index (χ1n) is 10.0. The molecule has 6 atom stereocenters. The lowest BCUT2D eigenvalue weighted by Gasteiger charge is -2.37. The van der Waals surface area contributed by atoms with Gasteiger partial charge in [0.1, 0.15) is 11.5 Å². The van der Waals surface area contributed by atoms with Crippen LogP contribution in [-0.4, -0.2) is 11.8 Å². The molecule has 140 valence electrons. The van der Waals surface area contributed by atoms with E-state index in [-0.39, 0.29) is 35.5 Å². The van der Waals surface area contributed by atoms with Crippen LogP contribution < -0.4 is 9.64 Å². The number of carbonyl (C=O) groups is 2. The summed E-state index contributed by atoms with van der Waals surface area (Å²) in [5, 5.41) is 0. The molecule has 1 aliphatic heterocycles. The van der Waals surface area contributed by atoms with Crippen molar-refractivity contribution >= 4 is 17.5 Å². The summed E-state index contributed by atoms with van der Waals surface area (Å²) < 4.78 is 5.86. The zero-order chi connectivity index (χ0) is 19.0. The van der Waals surface area contributed by atoms with E-state index in [1.165, 1.54) is 16.9 Å². The molecule has 0 radical (unpaired) electrons. The van der Waals surface area contributed by atoms with Gasteiger partial charge in [-0.25, -0.2) is 0 Å². The van der Waals surface area contributed by atoms with E-state index in [1.807, 2.05) is 55.5 Å². The van der Waals surface area contributed by atoms with Crippen LogP contribution in [0.25, 0.3) is 0 Å². The highest BCUT2D eigenvalue weighted by Gasteiger charge is 2.67. The van der Waals surface area contributed by atoms with E-state index in [0.29, 0.717) is 23.3 Å². The molecule has 4 nitrogen and oxygen atoms in total. The van der Waals surface area contributed by atoms with Gasteiger partial charge in [0, 0.05) is 0 Å². The summed E-state index contributed by atoms with van der Waals surface area (Å²) in [6.07, 6.45) is 5.58. The molecule has 2 aromatic carbocycles. The molecule has 0 aromatic heterocycles. The fourth-order valence-electron chi connectivity index (χ4n) is 5.62. The second-order valence-electron chi connectivity index (χ2n) is 8.58. The molecular weight excluding hydrogens is 350 g/mol. The van der Waals surface area contributed by atoms with E-state index in [4.69, 9.17) is 4.74 Å². The lowest BCUT2D eigenvalue weighted by atomic mass is 9.63. The molecule has 0 N–H and O–H groups in total. The summed E-state index contributed by atoms with van der Waals surface area (Å²) >= 11 is 0. The quantitative estimate of drug-likeness (QED) is 0.595. The first-order chi connectivity index (χ1) is 13.6. The number of nitrogens with zero attached hydrogens (tertiary/aromatic N) is 1. The van der Waals surface area contributed by atoms with Gasteiger partial charge >= 0.3 is 0 Å². The number of allylic oxidation sites excluding steroid dienone is 2. The Balaban J connectivity index is 1.26. The van der Waals surface area contributed by atoms with Crippen LogP contribution in [0.5, 0.6) is 11.5 Å². The topological polar surface area (TPSA) is 46.6 Å². The monoisotopic (exact) mass is 371 g/mol. The molecule has 0 unspecified atom stereocenters. The molecule has 0 spiro atoms. The molecule has 5 aliphatic rings. The highest BCUT2D eigenvalue weighted by atomic mass is 16.5.